The van der Waals surface area contributed by atoms with Gasteiger partial charge in [-0.3, -0.25) is 9.59 Å². The summed E-state index contributed by atoms with van der Waals surface area (Å²) >= 11 is 0. The van der Waals surface area contributed by atoms with Crippen LogP contribution >= 0.6 is 0 Å². The molecule has 0 aliphatic heterocycles. The third-order valence-electron chi connectivity index (χ3n) is 2.96. The van der Waals surface area contributed by atoms with Crippen LogP contribution in [0, 0.1) is 0 Å². The summed E-state index contributed by atoms with van der Waals surface area (Å²) in [5.74, 6) is 0.113. The largest absolute Gasteiger partial charge is 0.377 e. The fourth-order valence-corrected chi connectivity index (χ4v) is 1.62. The highest BCUT2D eigenvalue weighted by Crippen LogP contribution is 1.92. The van der Waals surface area contributed by atoms with Crippen LogP contribution in [0.4, 0.5) is 0 Å². The van der Waals surface area contributed by atoms with E-state index in [1.165, 1.54) is 6.42 Å². The molecule has 0 bridgehead atoms. The summed E-state index contributed by atoms with van der Waals surface area (Å²) in [5, 5.41) is 5.53. The monoisotopic (exact) mass is 406 g/mol. The molecular formula is C21H46N2O5. The van der Waals surface area contributed by atoms with Crippen molar-refractivity contribution in [3.63, 3.8) is 0 Å². The topological polar surface area (TPSA) is 85.9 Å². The lowest BCUT2D eigenvalue weighted by molar-refractivity contribution is -0.122. The van der Waals surface area contributed by atoms with Gasteiger partial charge < -0.3 is 24.8 Å². The van der Waals surface area contributed by atoms with Crippen LogP contribution in [0.1, 0.15) is 73.6 Å². The number of amides is 2. The van der Waals surface area contributed by atoms with Gasteiger partial charge in [-0.1, -0.05) is 54.4 Å². The molecule has 7 heteroatoms. The first-order chi connectivity index (χ1) is 13.6. The SMILES string of the molecule is CC.CCC.CCCCC(=O)NCCOCCOCCOCCNC(=O)CC. The molecule has 0 aromatic carbocycles. The van der Waals surface area contributed by atoms with Gasteiger partial charge >= 0.3 is 0 Å². The summed E-state index contributed by atoms with van der Waals surface area (Å²) in [5.41, 5.74) is 0. The van der Waals surface area contributed by atoms with Gasteiger partial charge in [0.05, 0.1) is 39.6 Å². The minimum absolute atomic E-state index is 0.0311. The fraction of sp³-hybridized carbons (Fsp3) is 0.905. The Morgan fingerprint density at radius 2 is 1.07 bits per heavy atom. The second kappa shape index (κ2) is 30.5. The van der Waals surface area contributed by atoms with Crippen LogP contribution in [0.15, 0.2) is 0 Å². The van der Waals surface area contributed by atoms with Crippen LogP contribution in [-0.4, -0.2) is 64.5 Å². The molecule has 28 heavy (non-hydrogen) atoms. The molecule has 2 N–H and O–H groups in total. The molecule has 0 aromatic rings. The lowest BCUT2D eigenvalue weighted by Gasteiger charge is -2.08. The Kier molecular flexibility index (Phi) is 34.4. The molecule has 170 valence electrons. The van der Waals surface area contributed by atoms with E-state index in [0.717, 1.165) is 12.8 Å². The van der Waals surface area contributed by atoms with Crippen molar-refractivity contribution < 1.29 is 23.8 Å². The quantitative estimate of drug-likeness (QED) is 0.384. The Bertz CT molecular complexity index is 315. The van der Waals surface area contributed by atoms with Gasteiger partial charge in [0, 0.05) is 25.9 Å². The third-order valence-corrected chi connectivity index (χ3v) is 2.96. The Balaban J connectivity index is -0.00000113. The first kappa shape index (κ1) is 31.5. The van der Waals surface area contributed by atoms with E-state index in [1.807, 2.05) is 20.8 Å². The van der Waals surface area contributed by atoms with E-state index < -0.39 is 0 Å². The van der Waals surface area contributed by atoms with Gasteiger partial charge in [0.2, 0.25) is 11.8 Å². The molecule has 0 spiro atoms. The maximum atomic E-state index is 11.3. The molecule has 0 fully saturated rings. The van der Waals surface area contributed by atoms with Crippen molar-refractivity contribution in [2.75, 3.05) is 52.7 Å². The predicted molar refractivity (Wildman–Crippen MR) is 116 cm³/mol. The van der Waals surface area contributed by atoms with Gasteiger partial charge in [0.15, 0.2) is 0 Å². The maximum absolute atomic E-state index is 11.3. The molecule has 7 nitrogen and oxygen atoms in total. The van der Waals surface area contributed by atoms with E-state index in [-0.39, 0.29) is 11.8 Å². The molecule has 2 amide bonds. The van der Waals surface area contributed by atoms with Crippen LogP contribution in [0.2, 0.25) is 0 Å². The van der Waals surface area contributed by atoms with E-state index in [4.69, 9.17) is 14.2 Å². The highest BCUT2D eigenvalue weighted by atomic mass is 16.5. The van der Waals surface area contributed by atoms with Crippen LogP contribution in [0.25, 0.3) is 0 Å². The van der Waals surface area contributed by atoms with Crippen LogP contribution in [0.3, 0.4) is 0 Å². The lowest BCUT2D eigenvalue weighted by Crippen LogP contribution is -2.27. The van der Waals surface area contributed by atoms with Gasteiger partial charge in [-0.25, -0.2) is 0 Å². The first-order valence-electron chi connectivity index (χ1n) is 10.9. The molecular weight excluding hydrogens is 360 g/mol. The first-order valence-corrected chi connectivity index (χ1v) is 10.9. The number of unbranched alkanes of at least 4 members (excludes halogenated alkanes) is 1. The van der Waals surface area contributed by atoms with Gasteiger partial charge in [0.25, 0.3) is 0 Å². The van der Waals surface area contributed by atoms with Crippen molar-refractivity contribution in [2.45, 2.75) is 73.6 Å². The zero-order valence-corrected chi connectivity index (χ0v) is 19.2. The minimum Gasteiger partial charge on any atom is -0.377 e. The number of hydrogen-bond acceptors (Lipinski definition) is 5. The van der Waals surface area contributed by atoms with E-state index in [9.17, 15) is 9.59 Å². The van der Waals surface area contributed by atoms with Crippen LogP contribution < -0.4 is 10.6 Å². The molecule has 0 aliphatic rings. The number of nitrogens with one attached hydrogen (secondary N) is 2. The highest BCUT2D eigenvalue weighted by Gasteiger charge is 1.99. The second-order valence-corrected chi connectivity index (χ2v) is 5.70. The zero-order chi connectivity index (χ0) is 21.9. The van der Waals surface area contributed by atoms with Crippen LogP contribution in [-0.2, 0) is 23.8 Å². The Hall–Kier alpha value is -1.18. The summed E-state index contributed by atoms with van der Waals surface area (Å²) in [6.45, 7) is 16.2. The predicted octanol–water partition coefficient (Wildman–Crippen LogP) is 3.31. The molecule has 0 heterocycles. The van der Waals surface area contributed by atoms with Gasteiger partial charge in [-0.2, -0.15) is 0 Å². The summed E-state index contributed by atoms with van der Waals surface area (Å²) in [4.78, 5) is 22.3. The third kappa shape index (κ3) is 32.5. The number of ether oxygens (including phenoxy) is 3. The summed E-state index contributed by atoms with van der Waals surface area (Å²) in [7, 11) is 0. The number of rotatable bonds is 16. The minimum atomic E-state index is 0.0311. The second-order valence-electron chi connectivity index (χ2n) is 5.70. The standard InChI is InChI=1S/C16H32N2O5.C3H8.C2H6/c1-3-5-6-16(20)18-8-10-22-12-14-23-13-11-21-9-7-17-15(19)4-2;1-3-2;1-2/h3-14H2,1-2H3,(H,17,19)(H,18,20);3H2,1-2H3;1-2H3. The molecule has 0 atom stereocenters. The van der Waals surface area contributed by atoms with Crippen molar-refractivity contribution in [3.05, 3.63) is 0 Å². The van der Waals surface area contributed by atoms with Crippen molar-refractivity contribution in [1.82, 2.24) is 10.6 Å². The summed E-state index contributed by atoms with van der Waals surface area (Å²) in [6, 6.07) is 0. The van der Waals surface area contributed by atoms with Gasteiger partial charge in [-0.05, 0) is 6.42 Å². The Morgan fingerprint density at radius 1 is 0.679 bits per heavy atom. The molecule has 0 aliphatic carbocycles. The molecule has 0 radical (unpaired) electrons. The highest BCUT2D eigenvalue weighted by molar-refractivity contribution is 5.75. The zero-order valence-electron chi connectivity index (χ0n) is 19.2. The van der Waals surface area contributed by atoms with Crippen molar-refractivity contribution in [3.8, 4) is 0 Å². The molecule has 0 aromatic heterocycles. The Morgan fingerprint density at radius 3 is 1.46 bits per heavy atom. The van der Waals surface area contributed by atoms with E-state index >= 15 is 0 Å². The number of carbonyl (C=O) groups excluding carboxylic acids is 2. The average molecular weight is 407 g/mol. The van der Waals surface area contributed by atoms with Gasteiger partial charge in [0.1, 0.15) is 0 Å². The number of carbonyl (C=O) groups is 2. The fourth-order valence-electron chi connectivity index (χ4n) is 1.62. The van der Waals surface area contributed by atoms with E-state index in [1.54, 1.807) is 0 Å². The van der Waals surface area contributed by atoms with Crippen molar-refractivity contribution in [1.29, 1.82) is 0 Å². The average Bonchev–Trinajstić information content (AvgIpc) is 2.71. The van der Waals surface area contributed by atoms with Crippen LogP contribution in [0.5, 0.6) is 0 Å². The Labute approximate surface area is 173 Å². The smallest absolute Gasteiger partial charge is 0.220 e. The normalized spacial score (nSPS) is 9.50. The maximum Gasteiger partial charge on any atom is 0.220 e. The number of hydrogen-bond donors (Lipinski definition) is 2. The van der Waals surface area contributed by atoms with E-state index in [2.05, 4.69) is 31.4 Å². The molecule has 0 rings (SSSR count). The summed E-state index contributed by atoms with van der Waals surface area (Å²) < 4.78 is 16.0. The van der Waals surface area contributed by atoms with E-state index in [0.29, 0.717) is 65.6 Å². The van der Waals surface area contributed by atoms with Crippen molar-refractivity contribution in [2.24, 2.45) is 0 Å². The lowest BCUT2D eigenvalue weighted by atomic mass is 10.2. The molecule has 0 unspecified atom stereocenters. The van der Waals surface area contributed by atoms with Gasteiger partial charge in [-0.15, -0.1) is 0 Å². The molecule has 0 saturated heterocycles. The van der Waals surface area contributed by atoms with Crippen molar-refractivity contribution >= 4 is 11.8 Å². The molecule has 0 saturated carbocycles. The summed E-state index contributed by atoms with van der Waals surface area (Å²) in [6.07, 6.45) is 4.28.